The van der Waals surface area contributed by atoms with Gasteiger partial charge in [-0.2, -0.15) is 5.26 Å². The zero-order valence-corrected chi connectivity index (χ0v) is 11.3. The minimum atomic E-state index is -2.75. The van der Waals surface area contributed by atoms with E-state index in [9.17, 15) is 14.7 Å². The van der Waals surface area contributed by atoms with Crippen LogP contribution in [0.2, 0.25) is 0 Å². The molecule has 0 amide bonds. The lowest BCUT2D eigenvalue weighted by Crippen LogP contribution is -2.06. The second-order valence-corrected chi connectivity index (χ2v) is 4.37. The number of pyridine rings is 1. The van der Waals surface area contributed by atoms with E-state index in [1.165, 1.54) is 12.3 Å². The van der Waals surface area contributed by atoms with Gasteiger partial charge in [0.2, 0.25) is 0 Å². The molecule has 2 aromatic rings. The molecule has 0 unspecified atom stereocenters. The van der Waals surface area contributed by atoms with Crippen molar-refractivity contribution in [3.63, 3.8) is 0 Å². The summed E-state index contributed by atoms with van der Waals surface area (Å²) in [6.45, 7) is 0. The lowest BCUT2D eigenvalue weighted by Gasteiger charge is -2.06. The molecular formula is C16H12N2O4. The third-order valence-corrected chi connectivity index (χ3v) is 2.86. The summed E-state index contributed by atoms with van der Waals surface area (Å²) >= 11 is 0. The van der Waals surface area contributed by atoms with E-state index in [2.05, 4.69) is 4.98 Å². The first-order valence-electron chi connectivity index (χ1n) is 7.21. The standard InChI is InChI=1S/C16H12N2O4/c17-8-10-2-1-3-11(6-10)12-7-14(20)16(18-9-12)13(19)4-5-15(21)22/h1-3,6-7,9,20H,4-5H2,(H,21,22)/i5D2. The summed E-state index contributed by atoms with van der Waals surface area (Å²) in [5.41, 5.74) is 1.08. The summed E-state index contributed by atoms with van der Waals surface area (Å²) in [6.07, 6.45) is -2.39. The minimum absolute atomic E-state index is 0.402. The number of carboxylic acids is 1. The summed E-state index contributed by atoms with van der Waals surface area (Å²) in [6, 6.07) is 9.79. The number of carbonyl (C=O) groups is 2. The van der Waals surface area contributed by atoms with Gasteiger partial charge in [-0.15, -0.1) is 0 Å². The molecule has 0 aliphatic heterocycles. The Hall–Kier alpha value is -3.20. The highest BCUT2D eigenvalue weighted by molar-refractivity contribution is 5.98. The number of rotatable bonds is 5. The van der Waals surface area contributed by atoms with Gasteiger partial charge >= 0.3 is 5.97 Å². The average Bonchev–Trinajstić information content (AvgIpc) is 2.54. The zero-order valence-electron chi connectivity index (χ0n) is 13.3. The zero-order chi connectivity index (χ0) is 17.9. The van der Waals surface area contributed by atoms with Gasteiger partial charge in [0.05, 0.1) is 18.0 Å². The van der Waals surface area contributed by atoms with Gasteiger partial charge in [-0.25, -0.2) is 4.98 Å². The number of ketones is 1. The molecule has 1 aromatic carbocycles. The molecule has 0 saturated carbocycles. The Labute approximate surface area is 129 Å². The van der Waals surface area contributed by atoms with Crippen molar-refractivity contribution >= 4 is 11.8 Å². The Kier molecular flexibility index (Phi) is 3.70. The molecule has 0 atom stereocenters. The fourth-order valence-corrected chi connectivity index (χ4v) is 1.83. The second-order valence-electron chi connectivity index (χ2n) is 4.37. The van der Waals surface area contributed by atoms with E-state index in [-0.39, 0.29) is 0 Å². The smallest absolute Gasteiger partial charge is 0.303 e. The fourth-order valence-electron chi connectivity index (χ4n) is 1.83. The summed E-state index contributed by atoms with van der Waals surface area (Å²) in [7, 11) is 0. The van der Waals surface area contributed by atoms with Gasteiger partial charge in [0, 0.05) is 20.9 Å². The molecule has 1 heterocycles. The van der Waals surface area contributed by atoms with Crippen molar-refractivity contribution in [2.24, 2.45) is 0 Å². The molecule has 0 radical (unpaired) electrons. The molecule has 22 heavy (non-hydrogen) atoms. The van der Waals surface area contributed by atoms with Gasteiger partial charge < -0.3 is 10.2 Å². The Morgan fingerprint density at radius 1 is 1.32 bits per heavy atom. The summed E-state index contributed by atoms with van der Waals surface area (Å²) < 4.78 is 14.5. The number of hydrogen-bond acceptors (Lipinski definition) is 5. The van der Waals surface area contributed by atoms with E-state index in [0.29, 0.717) is 16.7 Å². The van der Waals surface area contributed by atoms with Crippen LogP contribution < -0.4 is 0 Å². The first-order chi connectivity index (χ1) is 11.2. The molecule has 0 aliphatic rings. The maximum absolute atomic E-state index is 12.0. The molecular weight excluding hydrogens is 284 g/mol. The van der Waals surface area contributed by atoms with Gasteiger partial charge in [-0.3, -0.25) is 9.59 Å². The molecule has 0 bridgehead atoms. The lowest BCUT2D eigenvalue weighted by molar-refractivity contribution is -0.136. The van der Waals surface area contributed by atoms with Crippen molar-refractivity contribution in [3.8, 4) is 22.9 Å². The number of carbonyl (C=O) groups excluding carboxylic acids is 1. The number of nitriles is 1. The van der Waals surface area contributed by atoms with Crippen LogP contribution >= 0.6 is 0 Å². The van der Waals surface area contributed by atoms with Crippen molar-refractivity contribution in [3.05, 3.63) is 47.8 Å². The maximum Gasteiger partial charge on any atom is 0.303 e. The number of hydrogen-bond donors (Lipinski definition) is 2. The van der Waals surface area contributed by atoms with Gasteiger partial charge in [0.1, 0.15) is 11.4 Å². The van der Waals surface area contributed by atoms with Crippen molar-refractivity contribution < 1.29 is 22.5 Å². The van der Waals surface area contributed by atoms with E-state index in [1.807, 2.05) is 6.07 Å². The normalized spacial score (nSPS) is 12.0. The van der Waals surface area contributed by atoms with Crippen LogP contribution in [-0.2, 0) is 4.79 Å². The predicted molar refractivity (Wildman–Crippen MR) is 77.3 cm³/mol. The van der Waals surface area contributed by atoms with E-state index >= 15 is 0 Å². The molecule has 2 rings (SSSR count). The van der Waals surface area contributed by atoms with Crippen molar-refractivity contribution in [1.82, 2.24) is 4.98 Å². The average molecular weight is 298 g/mol. The maximum atomic E-state index is 12.0. The lowest BCUT2D eigenvalue weighted by atomic mass is 10.0. The number of Topliss-reactive ketones (excluding diaryl/α,β-unsaturated/α-hetero) is 1. The van der Waals surface area contributed by atoms with Crippen LogP contribution in [0.1, 0.15) is 31.6 Å². The summed E-state index contributed by atoms with van der Waals surface area (Å²) in [5.74, 6) is -3.17. The van der Waals surface area contributed by atoms with Crippen LogP contribution in [-0.4, -0.2) is 26.9 Å². The topological polar surface area (TPSA) is 111 Å². The number of benzene rings is 1. The molecule has 2 N–H and O–H groups in total. The quantitative estimate of drug-likeness (QED) is 0.820. The third-order valence-electron chi connectivity index (χ3n) is 2.86. The van der Waals surface area contributed by atoms with Gasteiger partial charge in [-0.1, -0.05) is 12.1 Å². The van der Waals surface area contributed by atoms with Gasteiger partial charge in [0.15, 0.2) is 5.78 Å². The van der Waals surface area contributed by atoms with E-state index < -0.39 is 36.0 Å². The Morgan fingerprint density at radius 3 is 2.73 bits per heavy atom. The number of nitrogens with zero attached hydrogens (tertiary/aromatic N) is 2. The third kappa shape index (κ3) is 3.46. The van der Waals surface area contributed by atoms with E-state index in [0.717, 1.165) is 0 Å². The Bertz CT molecular complexity index is 859. The van der Waals surface area contributed by atoms with Crippen molar-refractivity contribution in [1.29, 1.82) is 5.26 Å². The Morgan fingerprint density at radius 2 is 2.09 bits per heavy atom. The van der Waals surface area contributed by atoms with Crippen molar-refractivity contribution in [2.75, 3.05) is 0 Å². The molecule has 0 aliphatic carbocycles. The molecule has 6 nitrogen and oxygen atoms in total. The number of aliphatic carboxylic acids is 1. The monoisotopic (exact) mass is 298 g/mol. The van der Waals surface area contributed by atoms with Crippen LogP contribution in [0.15, 0.2) is 36.5 Å². The Balaban J connectivity index is 2.32. The highest BCUT2D eigenvalue weighted by Crippen LogP contribution is 2.26. The van der Waals surface area contributed by atoms with Gasteiger partial charge in [-0.05, 0) is 23.8 Å². The SMILES string of the molecule is [2H]C([2H])(CC(=O)c1ncc(-c2cccc(C#N)c2)cc1O)C(=O)O. The molecule has 0 spiro atoms. The van der Waals surface area contributed by atoms with Gasteiger partial charge in [0.25, 0.3) is 0 Å². The highest BCUT2D eigenvalue weighted by atomic mass is 16.4. The molecule has 0 fully saturated rings. The number of carboxylic acid groups (broad SMARTS) is 1. The first-order valence-corrected chi connectivity index (χ1v) is 6.21. The second kappa shape index (κ2) is 6.50. The molecule has 1 aromatic heterocycles. The largest absolute Gasteiger partial charge is 0.506 e. The highest BCUT2D eigenvalue weighted by Gasteiger charge is 2.15. The van der Waals surface area contributed by atoms with Crippen molar-refractivity contribution in [2.45, 2.75) is 12.8 Å². The fraction of sp³-hybridized carbons (Fsp3) is 0.125. The number of aromatic hydroxyl groups is 1. The summed E-state index contributed by atoms with van der Waals surface area (Å²) in [4.78, 5) is 26.5. The van der Waals surface area contributed by atoms with Crippen LogP contribution in [0.25, 0.3) is 11.1 Å². The van der Waals surface area contributed by atoms with E-state index in [4.69, 9.17) is 13.1 Å². The van der Waals surface area contributed by atoms with Crippen LogP contribution in [0.5, 0.6) is 5.75 Å². The molecule has 0 saturated heterocycles. The summed E-state index contributed by atoms with van der Waals surface area (Å²) in [5, 5.41) is 27.6. The molecule has 6 heteroatoms. The first kappa shape index (κ1) is 12.5. The van der Waals surface area contributed by atoms with E-state index in [1.54, 1.807) is 24.3 Å². The van der Waals surface area contributed by atoms with Crippen LogP contribution in [0.4, 0.5) is 0 Å². The van der Waals surface area contributed by atoms with Crippen LogP contribution in [0.3, 0.4) is 0 Å². The minimum Gasteiger partial charge on any atom is -0.506 e. The molecule has 110 valence electrons. The van der Waals surface area contributed by atoms with Crippen LogP contribution in [0, 0.1) is 11.3 Å². The number of aromatic nitrogens is 1. The predicted octanol–water partition coefficient (Wildman–Crippen LogP) is 2.37.